The molecule has 1 aliphatic rings. The molecule has 4 rings (SSSR count). The lowest BCUT2D eigenvalue weighted by Gasteiger charge is -2.30. The summed E-state index contributed by atoms with van der Waals surface area (Å²) in [6.45, 7) is 1.51. The maximum atomic E-state index is 12.4. The van der Waals surface area contributed by atoms with Gasteiger partial charge >= 0.3 is 6.01 Å². The molecule has 2 N–H and O–H groups in total. The lowest BCUT2D eigenvalue weighted by Crippen LogP contribution is -2.45. The number of hydrogen-bond donors (Lipinski definition) is 2. The van der Waals surface area contributed by atoms with Gasteiger partial charge in [0.2, 0.25) is 17.7 Å². The molecule has 34 heavy (non-hydrogen) atoms. The van der Waals surface area contributed by atoms with E-state index in [0.29, 0.717) is 29.6 Å². The van der Waals surface area contributed by atoms with Gasteiger partial charge in [-0.25, -0.2) is 9.97 Å². The zero-order chi connectivity index (χ0) is 23.8. The Kier molecular flexibility index (Phi) is 7.46. The molecule has 2 amide bonds. The van der Waals surface area contributed by atoms with Gasteiger partial charge in [-0.15, -0.1) is 0 Å². The molecule has 0 spiro atoms. The highest BCUT2D eigenvalue weighted by Crippen LogP contribution is 2.34. The third-order valence-electron chi connectivity index (χ3n) is 5.72. The second-order valence-corrected chi connectivity index (χ2v) is 8.40. The summed E-state index contributed by atoms with van der Waals surface area (Å²) in [5.41, 5.74) is 0.0432. The Morgan fingerprint density at radius 1 is 1.06 bits per heavy atom. The Hall–Kier alpha value is -3.82. The van der Waals surface area contributed by atoms with Crippen LogP contribution in [0.3, 0.4) is 0 Å². The standard InChI is InChI=1S/C24H28N6O4/c1-17(31)29-24(13-4-2-3-5-14-24)22-28-21(34-30-22)12-11-20(32)27-18-7-9-19(10-8-18)33-23-25-15-6-16-26-23/h6-10,15-16H,2-5,11-14H2,1H3,(H,27,32)(H,29,31). The van der Waals surface area contributed by atoms with E-state index in [1.165, 1.54) is 6.92 Å². The van der Waals surface area contributed by atoms with Crippen molar-refractivity contribution in [3.05, 3.63) is 54.4 Å². The van der Waals surface area contributed by atoms with Crippen molar-refractivity contribution in [1.82, 2.24) is 25.4 Å². The van der Waals surface area contributed by atoms with Crippen molar-refractivity contribution in [3.8, 4) is 11.8 Å². The van der Waals surface area contributed by atoms with Crippen molar-refractivity contribution >= 4 is 17.5 Å². The van der Waals surface area contributed by atoms with Gasteiger partial charge in [0.05, 0.1) is 0 Å². The minimum atomic E-state index is -0.596. The zero-order valence-corrected chi connectivity index (χ0v) is 19.1. The van der Waals surface area contributed by atoms with Crippen molar-refractivity contribution < 1.29 is 18.8 Å². The summed E-state index contributed by atoms with van der Waals surface area (Å²) < 4.78 is 11.0. The molecule has 1 aliphatic carbocycles. The predicted octanol–water partition coefficient (Wildman–Crippen LogP) is 3.91. The Morgan fingerprint density at radius 3 is 2.44 bits per heavy atom. The van der Waals surface area contributed by atoms with Crippen LogP contribution in [0.5, 0.6) is 11.8 Å². The van der Waals surface area contributed by atoms with Crippen molar-refractivity contribution in [1.29, 1.82) is 0 Å². The van der Waals surface area contributed by atoms with E-state index >= 15 is 0 Å². The van der Waals surface area contributed by atoms with Gasteiger partial charge < -0.3 is 19.9 Å². The van der Waals surface area contributed by atoms with Crippen LogP contribution in [0.25, 0.3) is 0 Å². The Morgan fingerprint density at radius 2 is 1.76 bits per heavy atom. The van der Waals surface area contributed by atoms with E-state index in [1.54, 1.807) is 42.7 Å². The number of carbonyl (C=O) groups is 2. The highest BCUT2D eigenvalue weighted by atomic mass is 16.5. The predicted molar refractivity (Wildman–Crippen MR) is 123 cm³/mol. The molecule has 178 valence electrons. The summed E-state index contributed by atoms with van der Waals surface area (Å²) in [6.07, 6.45) is 9.48. The number of aryl methyl sites for hydroxylation is 1. The van der Waals surface area contributed by atoms with Crippen LogP contribution in [0.1, 0.15) is 63.6 Å². The lowest BCUT2D eigenvalue weighted by atomic mass is 9.89. The van der Waals surface area contributed by atoms with Crippen molar-refractivity contribution in [2.24, 2.45) is 0 Å². The van der Waals surface area contributed by atoms with Crippen LogP contribution < -0.4 is 15.4 Å². The summed E-state index contributed by atoms with van der Waals surface area (Å²) in [7, 11) is 0. The molecule has 1 aromatic carbocycles. The monoisotopic (exact) mass is 464 g/mol. The van der Waals surface area contributed by atoms with Crippen LogP contribution in [0, 0.1) is 0 Å². The van der Waals surface area contributed by atoms with E-state index < -0.39 is 5.54 Å². The fourth-order valence-corrected chi connectivity index (χ4v) is 4.12. The van der Waals surface area contributed by atoms with Crippen LogP contribution in [0.2, 0.25) is 0 Å². The van der Waals surface area contributed by atoms with Gasteiger partial charge in [-0.05, 0) is 43.2 Å². The summed E-state index contributed by atoms with van der Waals surface area (Å²) in [4.78, 5) is 36.8. The number of anilines is 1. The number of nitrogens with one attached hydrogen (secondary N) is 2. The summed E-state index contributed by atoms with van der Waals surface area (Å²) >= 11 is 0. The SMILES string of the molecule is CC(=O)NC1(c2noc(CCC(=O)Nc3ccc(Oc4ncccn4)cc3)n2)CCCCCC1. The molecule has 2 heterocycles. The van der Waals surface area contributed by atoms with Gasteiger partial charge in [0.25, 0.3) is 0 Å². The number of amides is 2. The molecule has 0 bridgehead atoms. The molecule has 3 aromatic rings. The first-order chi connectivity index (χ1) is 16.5. The summed E-state index contributed by atoms with van der Waals surface area (Å²) in [5.74, 6) is 1.16. The van der Waals surface area contributed by atoms with Crippen molar-refractivity contribution in [3.63, 3.8) is 0 Å². The highest BCUT2D eigenvalue weighted by molar-refractivity contribution is 5.90. The second kappa shape index (κ2) is 10.9. The molecule has 0 unspecified atom stereocenters. The number of rotatable bonds is 8. The minimum absolute atomic E-state index is 0.111. The number of hydrogen-bond acceptors (Lipinski definition) is 8. The fraction of sp³-hybridized carbons (Fsp3) is 0.417. The molecule has 1 fully saturated rings. The molecule has 0 saturated heterocycles. The third-order valence-corrected chi connectivity index (χ3v) is 5.72. The number of carbonyl (C=O) groups excluding carboxylic acids is 2. The number of nitrogens with zero attached hydrogens (tertiary/aromatic N) is 4. The van der Waals surface area contributed by atoms with Crippen LogP contribution in [-0.4, -0.2) is 31.9 Å². The van der Waals surface area contributed by atoms with E-state index in [9.17, 15) is 9.59 Å². The largest absolute Gasteiger partial charge is 0.424 e. The minimum Gasteiger partial charge on any atom is -0.424 e. The average Bonchev–Trinajstić information content (AvgIpc) is 3.19. The number of ether oxygens (including phenoxy) is 1. The summed E-state index contributed by atoms with van der Waals surface area (Å²) in [6, 6.07) is 8.89. The highest BCUT2D eigenvalue weighted by Gasteiger charge is 2.38. The van der Waals surface area contributed by atoms with E-state index in [2.05, 4.69) is 30.7 Å². The maximum absolute atomic E-state index is 12.4. The Balaban J connectivity index is 1.31. The van der Waals surface area contributed by atoms with E-state index in [-0.39, 0.29) is 24.2 Å². The molecular weight excluding hydrogens is 436 g/mol. The van der Waals surface area contributed by atoms with Crippen molar-refractivity contribution in [2.45, 2.75) is 63.8 Å². The fourth-order valence-electron chi connectivity index (χ4n) is 4.12. The number of benzene rings is 1. The third kappa shape index (κ3) is 6.15. The van der Waals surface area contributed by atoms with Crippen LogP contribution >= 0.6 is 0 Å². The molecular formula is C24H28N6O4. The number of aromatic nitrogens is 4. The van der Waals surface area contributed by atoms with Gasteiger partial charge in [0, 0.05) is 37.8 Å². The second-order valence-electron chi connectivity index (χ2n) is 8.40. The summed E-state index contributed by atoms with van der Waals surface area (Å²) in [5, 5.41) is 10.1. The van der Waals surface area contributed by atoms with E-state index in [4.69, 9.17) is 9.26 Å². The smallest absolute Gasteiger partial charge is 0.321 e. The van der Waals surface area contributed by atoms with Gasteiger partial charge in [0.1, 0.15) is 11.3 Å². The van der Waals surface area contributed by atoms with Gasteiger partial charge in [-0.2, -0.15) is 4.98 Å². The quantitative estimate of drug-likeness (QED) is 0.480. The molecule has 0 radical (unpaired) electrons. The van der Waals surface area contributed by atoms with E-state index in [0.717, 1.165) is 38.5 Å². The topological polar surface area (TPSA) is 132 Å². The Labute approximate surface area is 197 Å². The molecule has 0 atom stereocenters. The maximum Gasteiger partial charge on any atom is 0.321 e. The molecule has 10 nitrogen and oxygen atoms in total. The normalized spacial score (nSPS) is 15.2. The van der Waals surface area contributed by atoms with Crippen molar-refractivity contribution in [2.75, 3.05) is 5.32 Å². The molecule has 0 aliphatic heterocycles. The molecule has 2 aromatic heterocycles. The van der Waals surface area contributed by atoms with Crippen LogP contribution in [0.15, 0.2) is 47.2 Å². The first-order valence-electron chi connectivity index (χ1n) is 11.5. The first kappa shape index (κ1) is 23.3. The first-order valence-corrected chi connectivity index (χ1v) is 11.5. The zero-order valence-electron chi connectivity index (χ0n) is 19.1. The van der Waals surface area contributed by atoms with Gasteiger partial charge in [0.15, 0.2) is 5.82 Å². The lowest BCUT2D eigenvalue weighted by molar-refractivity contribution is -0.121. The van der Waals surface area contributed by atoms with Gasteiger partial charge in [-0.1, -0.05) is 30.8 Å². The molecule has 1 saturated carbocycles. The Bertz CT molecular complexity index is 1090. The van der Waals surface area contributed by atoms with E-state index in [1.807, 2.05) is 0 Å². The molecule has 10 heteroatoms. The van der Waals surface area contributed by atoms with Gasteiger partial charge in [-0.3, -0.25) is 9.59 Å². The van der Waals surface area contributed by atoms with Crippen LogP contribution in [0.4, 0.5) is 5.69 Å². The average molecular weight is 465 g/mol. The van der Waals surface area contributed by atoms with Crippen LogP contribution in [-0.2, 0) is 21.5 Å².